The quantitative estimate of drug-likeness (QED) is 0.517. The number of hydrogen-bond donors (Lipinski definition) is 2. The largest absolute Gasteiger partial charge is 0.324 e. The molecule has 0 spiro atoms. The molecule has 0 radical (unpaired) electrons. The lowest BCUT2D eigenvalue weighted by Gasteiger charge is -2.16. The second-order valence-corrected chi connectivity index (χ2v) is 8.20. The normalized spacial score (nSPS) is 13.4. The van der Waals surface area contributed by atoms with Gasteiger partial charge in [-0.15, -0.1) is 11.8 Å². The van der Waals surface area contributed by atoms with E-state index in [-0.39, 0.29) is 11.8 Å². The molecule has 0 aliphatic carbocycles. The summed E-state index contributed by atoms with van der Waals surface area (Å²) in [4.78, 5) is 29.8. The molecule has 7 heteroatoms. The number of fused-ring (bicyclic) bond motifs is 4. The predicted octanol–water partition coefficient (Wildman–Crippen LogP) is 4.75. The Labute approximate surface area is 162 Å². The minimum atomic E-state index is -0.244. The van der Waals surface area contributed by atoms with Crippen LogP contribution in [0.25, 0.3) is 21.0 Å². The monoisotopic (exact) mass is 391 g/mol. The number of thioether (sulfide) groups is 1. The number of thiazole rings is 1. The number of hydrogen-bond acceptors (Lipinski definition) is 5. The summed E-state index contributed by atoms with van der Waals surface area (Å²) < 4.78 is 1.03. The second kappa shape index (κ2) is 6.37. The maximum atomic E-state index is 12.7. The standard InChI is InChI=1S/C20H13N3O2S2/c24-17-10-26-15-7-6-12(9-14(15)21-17)19(25)23-20-22-18-13-4-2-1-3-11(13)5-8-16(18)27-20/h1-9H,10H2,(H,21,24)(H,22,23,25). The first-order valence-electron chi connectivity index (χ1n) is 8.34. The molecule has 5 nitrogen and oxygen atoms in total. The molecular weight excluding hydrogens is 378 g/mol. The van der Waals surface area contributed by atoms with Crippen LogP contribution in [0.1, 0.15) is 10.4 Å². The molecule has 5 rings (SSSR count). The smallest absolute Gasteiger partial charge is 0.257 e. The number of nitrogens with zero attached hydrogens (tertiary/aromatic N) is 1. The van der Waals surface area contributed by atoms with Crippen LogP contribution in [0.3, 0.4) is 0 Å². The zero-order valence-corrected chi connectivity index (χ0v) is 15.6. The minimum absolute atomic E-state index is 0.0527. The highest BCUT2D eigenvalue weighted by Gasteiger charge is 2.18. The molecule has 2 N–H and O–H groups in total. The number of carbonyl (C=O) groups excluding carboxylic acids is 2. The van der Waals surface area contributed by atoms with Crippen LogP contribution >= 0.6 is 23.1 Å². The van der Waals surface area contributed by atoms with E-state index >= 15 is 0 Å². The molecule has 4 aromatic rings. The van der Waals surface area contributed by atoms with Gasteiger partial charge in [0.2, 0.25) is 5.91 Å². The van der Waals surface area contributed by atoms with Gasteiger partial charge in [0.25, 0.3) is 5.91 Å². The molecule has 132 valence electrons. The second-order valence-electron chi connectivity index (χ2n) is 6.15. The third-order valence-corrected chi connectivity index (χ3v) is 6.39. The van der Waals surface area contributed by atoms with Crippen molar-refractivity contribution >= 4 is 66.7 Å². The van der Waals surface area contributed by atoms with E-state index in [9.17, 15) is 9.59 Å². The molecule has 1 aromatic heterocycles. The highest BCUT2D eigenvalue weighted by molar-refractivity contribution is 8.00. The molecule has 1 aliphatic heterocycles. The van der Waals surface area contributed by atoms with Gasteiger partial charge < -0.3 is 5.32 Å². The van der Waals surface area contributed by atoms with Crippen LogP contribution < -0.4 is 10.6 Å². The third kappa shape index (κ3) is 2.94. The van der Waals surface area contributed by atoms with Gasteiger partial charge in [-0.05, 0) is 29.7 Å². The van der Waals surface area contributed by atoms with Crippen molar-refractivity contribution in [3.8, 4) is 0 Å². The van der Waals surface area contributed by atoms with Crippen molar-refractivity contribution in [2.75, 3.05) is 16.4 Å². The van der Waals surface area contributed by atoms with Gasteiger partial charge in [0, 0.05) is 15.8 Å². The first-order valence-corrected chi connectivity index (χ1v) is 10.1. The summed E-state index contributed by atoms with van der Waals surface area (Å²) in [6.07, 6.45) is 0. The summed E-state index contributed by atoms with van der Waals surface area (Å²) in [6.45, 7) is 0. The van der Waals surface area contributed by atoms with Gasteiger partial charge in [0.1, 0.15) is 0 Å². The van der Waals surface area contributed by atoms with E-state index in [4.69, 9.17) is 0 Å². The van der Waals surface area contributed by atoms with E-state index in [0.717, 1.165) is 25.9 Å². The molecule has 0 saturated carbocycles. The maximum Gasteiger partial charge on any atom is 0.257 e. The van der Waals surface area contributed by atoms with Crippen LogP contribution in [0, 0.1) is 0 Å². The molecule has 2 amide bonds. The molecule has 0 saturated heterocycles. The van der Waals surface area contributed by atoms with Crippen molar-refractivity contribution in [1.29, 1.82) is 0 Å². The number of anilines is 2. The summed E-state index contributed by atoms with van der Waals surface area (Å²) in [7, 11) is 0. The summed E-state index contributed by atoms with van der Waals surface area (Å²) in [6, 6.07) is 17.5. The van der Waals surface area contributed by atoms with E-state index in [2.05, 4.69) is 21.7 Å². The lowest BCUT2D eigenvalue weighted by atomic mass is 10.1. The first kappa shape index (κ1) is 16.3. The van der Waals surface area contributed by atoms with E-state index in [1.54, 1.807) is 12.1 Å². The number of nitrogens with one attached hydrogen (secondary N) is 2. The Morgan fingerprint density at radius 3 is 2.93 bits per heavy atom. The Balaban J connectivity index is 1.46. The Kier molecular flexibility index (Phi) is 3.84. The number of amides is 2. The summed E-state index contributed by atoms with van der Waals surface area (Å²) in [5, 5.41) is 8.44. The van der Waals surface area contributed by atoms with Gasteiger partial charge in [-0.2, -0.15) is 0 Å². The van der Waals surface area contributed by atoms with E-state index in [1.165, 1.54) is 23.1 Å². The average molecular weight is 391 g/mol. The van der Waals surface area contributed by atoms with Gasteiger partial charge in [0.05, 0.1) is 21.7 Å². The fourth-order valence-electron chi connectivity index (χ4n) is 3.11. The van der Waals surface area contributed by atoms with Gasteiger partial charge in [-0.3, -0.25) is 14.9 Å². The maximum absolute atomic E-state index is 12.7. The summed E-state index contributed by atoms with van der Waals surface area (Å²) >= 11 is 2.92. The zero-order chi connectivity index (χ0) is 18.4. The van der Waals surface area contributed by atoms with Crippen molar-refractivity contribution in [2.45, 2.75) is 4.90 Å². The van der Waals surface area contributed by atoms with Crippen LogP contribution in [0.4, 0.5) is 10.8 Å². The molecule has 0 fully saturated rings. The van der Waals surface area contributed by atoms with Crippen molar-refractivity contribution in [3.05, 3.63) is 60.2 Å². The van der Waals surface area contributed by atoms with Gasteiger partial charge in [0.15, 0.2) is 5.13 Å². The average Bonchev–Trinajstić information content (AvgIpc) is 3.10. The first-order chi connectivity index (χ1) is 13.2. The number of rotatable bonds is 2. The van der Waals surface area contributed by atoms with Crippen molar-refractivity contribution < 1.29 is 9.59 Å². The molecular formula is C20H13N3O2S2. The molecule has 3 aromatic carbocycles. The third-order valence-electron chi connectivity index (χ3n) is 4.38. The zero-order valence-electron chi connectivity index (χ0n) is 14.0. The summed E-state index contributed by atoms with van der Waals surface area (Å²) in [5.74, 6) is 0.104. The lowest BCUT2D eigenvalue weighted by molar-refractivity contribution is -0.113. The van der Waals surface area contributed by atoms with Crippen molar-refractivity contribution in [1.82, 2.24) is 4.98 Å². The predicted molar refractivity (Wildman–Crippen MR) is 111 cm³/mol. The Morgan fingerprint density at radius 1 is 1.11 bits per heavy atom. The highest BCUT2D eigenvalue weighted by atomic mass is 32.2. The number of benzene rings is 3. The van der Waals surface area contributed by atoms with Crippen molar-refractivity contribution in [2.24, 2.45) is 0 Å². The Bertz CT molecular complexity index is 1230. The minimum Gasteiger partial charge on any atom is -0.324 e. The number of carbonyl (C=O) groups is 2. The van der Waals surface area contributed by atoms with E-state index in [1.807, 2.05) is 36.4 Å². The SMILES string of the molecule is O=C1CSc2ccc(C(=O)Nc3nc4c(ccc5ccccc54)s3)cc2N1. The van der Waals surface area contributed by atoms with E-state index < -0.39 is 0 Å². The van der Waals surface area contributed by atoms with Crippen molar-refractivity contribution in [3.63, 3.8) is 0 Å². The fraction of sp³-hybridized carbons (Fsp3) is 0.0500. The Hall–Kier alpha value is -2.90. The highest BCUT2D eigenvalue weighted by Crippen LogP contribution is 2.34. The molecule has 27 heavy (non-hydrogen) atoms. The van der Waals surface area contributed by atoms with E-state index in [0.29, 0.717) is 22.1 Å². The van der Waals surface area contributed by atoms with Gasteiger partial charge >= 0.3 is 0 Å². The molecule has 0 bridgehead atoms. The Morgan fingerprint density at radius 2 is 2.00 bits per heavy atom. The topological polar surface area (TPSA) is 71.1 Å². The van der Waals surface area contributed by atoms with Crippen LogP contribution in [-0.4, -0.2) is 22.6 Å². The molecule has 2 heterocycles. The lowest BCUT2D eigenvalue weighted by Crippen LogP contribution is -2.19. The number of aromatic nitrogens is 1. The van der Waals surface area contributed by atoms with Crippen LogP contribution in [0.15, 0.2) is 59.5 Å². The van der Waals surface area contributed by atoms with Crippen LogP contribution in [-0.2, 0) is 4.79 Å². The fourth-order valence-corrected chi connectivity index (χ4v) is 4.77. The van der Waals surface area contributed by atoms with Crippen LogP contribution in [0.5, 0.6) is 0 Å². The molecule has 1 aliphatic rings. The molecule has 0 atom stereocenters. The van der Waals surface area contributed by atoms with Crippen LogP contribution in [0.2, 0.25) is 0 Å². The van der Waals surface area contributed by atoms with Gasteiger partial charge in [-0.25, -0.2) is 4.98 Å². The van der Waals surface area contributed by atoms with Gasteiger partial charge in [-0.1, -0.05) is 41.7 Å². The summed E-state index contributed by atoms with van der Waals surface area (Å²) in [5.41, 5.74) is 2.06. The molecule has 0 unspecified atom stereocenters.